The van der Waals surface area contributed by atoms with E-state index in [1.807, 2.05) is 27.7 Å². The summed E-state index contributed by atoms with van der Waals surface area (Å²) in [5.41, 5.74) is -0.630. The number of amides is 2. The Kier molecular flexibility index (Phi) is 15.4. The summed E-state index contributed by atoms with van der Waals surface area (Å²) < 4.78 is 0. The maximum atomic E-state index is 11.2. The summed E-state index contributed by atoms with van der Waals surface area (Å²) in [6.07, 6.45) is 1.85. The molecule has 0 unspecified atom stereocenters. The molecule has 1 radical (unpaired) electrons. The number of hydrogen-bond acceptors (Lipinski definition) is 2. The van der Waals surface area contributed by atoms with Crippen molar-refractivity contribution in [2.45, 2.75) is 59.4 Å². The van der Waals surface area contributed by atoms with Gasteiger partial charge in [0.05, 0.1) is 0 Å². The van der Waals surface area contributed by atoms with Crippen LogP contribution in [0.15, 0.2) is 0 Å². The molecule has 2 amide bonds. The molecule has 0 aliphatic heterocycles. The largest absolute Gasteiger partial charge is 0.506 e. The normalized spacial score (nSPS) is 13.5. The van der Waals surface area contributed by atoms with Gasteiger partial charge in [-0.05, 0) is 12.8 Å². The van der Waals surface area contributed by atoms with Crippen LogP contribution in [0.4, 0.5) is 0 Å². The average molecular weight is 280 g/mol. The molecule has 101 valence electrons. The first-order valence-electron chi connectivity index (χ1n) is 6.03. The molecule has 5 heteroatoms. The summed E-state index contributed by atoms with van der Waals surface area (Å²) in [4.78, 5) is 22.1. The molecule has 0 atom stereocenters. The number of rotatable bonds is 3. The Bertz CT molecular complexity index is 217. The number of carbonyl (C=O) groups excluding carboxylic acids is 2. The summed E-state index contributed by atoms with van der Waals surface area (Å²) >= 11 is 0. The maximum Gasteiger partial charge on any atom is 0.220 e. The molecule has 0 spiro atoms. The van der Waals surface area contributed by atoms with E-state index >= 15 is 0 Å². The van der Waals surface area contributed by atoms with Crippen LogP contribution in [0.2, 0.25) is 0 Å². The predicted octanol–water partition coefficient (Wildman–Crippen LogP) is 2.00. The molecule has 0 bridgehead atoms. The van der Waals surface area contributed by atoms with Gasteiger partial charge in [0, 0.05) is 25.0 Å². The molecule has 1 fully saturated rings. The summed E-state index contributed by atoms with van der Waals surface area (Å²) in [6.45, 7) is 9.76. The molecular weight excluding hydrogens is 255 g/mol. The van der Waals surface area contributed by atoms with E-state index in [0.717, 1.165) is 12.8 Å². The van der Waals surface area contributed by atoms with Crippen LogP contribution >= 0.6 is 0 Å². The van der Waals surface area contributed by atoms with Crippen molar-refractivity contribution in [1.29, 1.82) is 0 Å². The second-order valence-corrected chi connectivity index (χ2v) is 2.99. The van der Waals surface area contributed by atoms with Crippen LogP contribution in [0.1, 0.15) is 53.9 Å². The SMILES string of the molecule is CC.CC.[CH2-]NC(=O)C1(NC(=O)CC)CC1.[V]. The van der Waals surface area contributed by atoms with Crippen molar-refractivity contribution in [3.8, 4) is 0 Å². The van der Waals surface area contributed by atoms with Gasteiger partial charge >= 0.3 is 0 Å². The van der Waals surface area contributed by atoms with Gasteiger partial charge < -0.3 is 10.6 Å². The van der Waals surface area contributed by atoms with Gasteiger partial charge in [-0.2, -0.15) is 0 Å². The maximum absolute atomic E-state index is 11.2. The van der Waals surface area contributed by atoms with Gasteiger partial charge in [-0.1, -0.05) is 34.6 Å². The minimum absolute atomic E-state index is 0. The standard InChI is InChI=1S/C8H13N2O2.2C2H6.V/c1-3-6(11)10-8(4-5-8)7(12)9-2;2*1-2;/h2-5H2,1H3,(H,9,12)(H,10,11);2*1-2H3;/q-1;;;. The van der Waals surface area contributed by atoms with Crippen LogP contribution in [0.25, 0.3) is 0 Å². The van der Waals surface area contributed by atoms with Gasteiger partial charge in [0.1, 0.15) is 5.54 Å². The quantitative estimate of drug-likeness (QED) is 0.777. The van der Waals surface area contributed by atoms with E-state index in [1.165, 1.54) is 0 Å². The van der Waals surface area contributed by atoms with Gasteiger partial charge in [0.25, 0.3) is 0 Å². The molecule has 1 aliphatic rings. The van der Waals surface area contributed by atoms with Crippen molar-refractivity contribution >= 4 is 11.8 Å². The average Bonchev–Trinajstić information content (AvgIpc) is 3.14. The van der Waals surface area contributed by atoms with E-state index in [0.29, 0.717) is 6.42 Å². The fraction of sp³-hybridized carbons (Fsp3) is 0.750. The molecule has 17 heavy (non-hydrogen) atoms. The van der Waals surface area contributed by atoms with E-state index < -0.39 is 5.54 Å². The summed E-state index contributed by atoms with van der Waals surface area (Å²) in [7, 11) is 3.27. The zero-order chi connectivity index (χ0) is 13.2. The molecule has 0 aromatic carbocycles. The summed E-state index contributed by atoms with van der Waals surface area (Å²) in [5, 5.41) is 4.97. The van der Waals surface area contributed by atoms with E-state index in [2.05, 4.69) is 17.7 Å². The number of carbonyl (C=O) groups is 2. The Hall–Kier alpha value is -0.476. The van der Waals surface area contributed by atoms with Gasteiger partial charge in [0.15, 0.2) is 0 Å². The van der Waals surface area contributed by atoms with Crippen molar-refractivity contribution in [2.24, 2.45) is 0 Å². The van der Waals surface area contributed by atoms with Crippen LogP contribution in [-0.4, -0.2) is 17.4 Å². The Morgan fingerprint density at radius 3 is 1.82 bits per heavy atom. The molecular formula is C12H25N2O2V-. The first-order chi connectivity index (χ1) is 7.64. The van der Waals surface area contributed by atoms with Crippen molar-refractivity contribution in [2.75, 3.05) is 0 Å². The Labute approximate surface area is 117 Å². The Morgan fingerprint density at radius 2 is 1.59 bits per heavy atom. The Morgan fingerprint density at radius 1 is 1.18 bits per heavy atom. The first-order valence-corrected chi connectivity index (χ1v) is 6.03. The molecule has 2 N–H and O–H groups in total. The van der Waals surface area contributed by atoms with Crippen molar-refractivity contribution in [1.82, 2.24) is 10.6 Å². The van der Waals surface area contributed by atoms with Crippen LogP contribution in [-0.2, 0) is 28.1 Å². The molecule has 0 aromatic rings. The molecule has 1 saturated carbocycles. The smallest absolute Gasteiger partial charge is 0.220 e. The van der Waals surface area contributed by atoms with Gasteiger partial charge in [0.2, 0.25) is 11.8 Å². The molecule has 4 nitrogen and oxygen atoms in total. The van der Waals surface area contributed by atoms with Crippen LogP contribution in [0.5, 0.6) is 0 Å². The second-order valence-electron chi connectivity index (χ2n) is 2.99. The van der Waals surface area contributed by atoms with Gasteiger partial charge in [-0.15, -0.1) is 0 Å². The van der Waals surface area contributed by atoms with E-state index in [1.54, 1.807) is 6.92 Å². The van der Waals surface area contributed by atoms with E-state index in [-0.39, 0.29) is 30.4 Å². The van der Waals surface area contributed by atoms with Gasteiger partial charge in [-0.25, -0.2) is 0 Å². The third kappa shape index (κ3) is 7.45. The number of nitrogens with one attached hydrogen (secondary N) is 2. The fourth-order valence-electron chi connectivity index (χ4n) is 1.06. The van der Waals surface area contributed by atoms with Crippen LogP contribution in [0.3, 0.4) is 0 Å². The third-order valence-electron chi connectivity index (χ3n) is 2.05. The topological polar surface area (TPSA) is 58.2 Å². The predicted molar refractivity (Wildman–Crippen MR) is 66.6 cm³/mol. The summed E-state index contributed by atoms with van der Waals surface area (Å²) in [5.74, 6) is -0.277. The summed E-state index contributed by atoms with van der Waals surface area (Å²) in [6, 6.07) is 0. The second kappa shape index (κ2) is 12.0. The zero-order valence-corrected chi connectivity index (χ0v) is 13.0. The van der Waals surface area contributed by atoms with Crippen LogP contribution in [0, 0.1) is 7.05 Å². The minimum atomic E-state index is -0.630. The molecule has 0 aromatic heterocycles. The van der Waals surface area contributed by atoms with E-state index in [9.17, 15) is 9.59 Å². The Balaban J connectivity index is -0.000000355. The first kappa shape index (κ1) is 21.8. The van der Waals surface area contributed by atoms with Gasteiger partial charge in [-0.3, -0.25) is 16.6 Å². The fourth-order valence-corrected chi connectivity index (χ4v) is 1.06. The monoisotopic (exact) mass is 280 g/mol. The number of hydrogen-bond donors (Lipinski definition) is 2. The molecule has 0 heterocycles. The van der Waals surface area contributed by atoms with Crippen LogP contribution < -0.4 is 10.6 Å². The molecule has 0 saturated heterocycles. The molecule has 1 aliphatic carbocycles. The minimum Gasteiger partial charge on any atom is -0.506 e. The van der Waals surface area contributed by atoms with Crippen molar-refractivity contribution in [3.63, 3.8) is 0 Å². The van der Waals surface area contributed by atoms with E-state index in [4.69, 9.17) is 0 Å². The molecule has 1 rings (SSSR count). The van der Waals surface area contributed by atoms with Crippen molar-refractivity contribution in [3.05, 3.63) is 7.05 Å². The van der Waals surface area contributed by atoms with Crippen molar-refractivity contribution < 1.29 is 28.1 Å². The zero-order valence-electron chi connectivity index (χ0n) is 11.6. The third-order valence-corrected chi connectivity index (χ3v) is 2.05.